The van der Waals surface area contributed by atoms with E-state index < -0.39 is 16.5 Å². The van der Waals surface area contributed by atoms with E-state index in [0.717, 1.165) is 41.7 Å². The third-order valence-electron chi connectivity index (χ3n) is 5.82. The normalized spacial score (nSPS) is 25.2. The van der Waals surface area contributed by atoms with Crippen LogP contribution in [-0.4, -0.2) is 58.8 Å². The summed E-state index contributed by atoms with van der Waals surface area (Å²) < 4.78 is 36.9. The predicted octanol–water partition coefficient (Wildman–Crippen LogP) is 1.30. The van der Waals surface area contributed by atoms with Gasteiger partial charge >= 0.3 is 60.9 Å². The van der Waals surface area contributed by atoms with Crippen LogP contribution < -0.4 is 18.0 Å². The summed E-state index contributed by atoms with van der Waals surface area (Å²) >= 11 is 5.30. The summed E-state index contributed by atoms with van der Waals surface area (Å²) in [5, 5.41) is 12.1. The van der Waals surface area contributed by atoms with Gasteiger partial charge in [-0.1, -0.05) is 6.08 Å². The fourth-order valence-corrected chi connectivity index (χ4v) is 4.44. The number of fused-ring (bicyclic) bond motifs is 4. The SMILES string of the molecule is C=C[C@H]1CN2CC[C@H]1C[C@H]2[C@H](O)c1ccnc2ccc(OC)cc12.I[I-]I.O=S(=O)(O)O. The second-order valence-corrected chi connectivity index (χ2v) is 24.6. The summed E-state index contributed by atoms with van der Waals surface area (Å²) in [6, 6.07) is 7.96. The zero-order valence-electron chi connectivity index (χ0n) is 17.3. The number of aliphatic hydroxyl groups is 1. The van der Waals surface area contributed by atoms with Crippen molar-refractivity contribution in [2.75, 3.05) is 20.2 Å². The third kappa shape index (κ3) is 8.13. The van der Waals surface area contributed by atoms with Crippen molar-refractivity contribution in [3.8, 4) is 5.75 Å². The van der Waals surface area contributed by atoms with Crippen molar-refractivity contribution in [1.29, 1.82) is 0 Å². The largest absolute Gasteiger partial charge is 0.394 e. The van der Waals surface area contributed by atoms with E-state index in [1.54, 1.807) is 13.3 Å². The van der Waals surface area contributed by atoms with Crippen LogP contribution in [0.4, 0.5) is 0 Å². The van der Waals surface area contributed by atoms with Crippen LogP contribution in [0.2, 0.25) is 0 Å². The summed E-state index contributed by atoms with van der Waals surface area (Å²) in [5.74, 6) is 2.01. The van der Waals surface area contributed by atoms with Gasteiger partial charge in [0.1, 0.15) is 5.75 Å². The molecule has 0 amide bonds. The second-order valence-electron chi connectivity index (χ2n) is 7.48. The molecule has 3 N–H and O–H groups in total. The van der Waals surface area contributed by atoms with Gasteiger partial charge in [-0.25, -0.2) is 0 Å². The number of benzene rings is 1. The molecule has 0 saturated carbocycles. The fourth-order valence-electron chi connectivity index (χ4n) is 4.44. The summed E-state index contributed by atoms with van der Waals surface area (Å²) in [4.78, 5) is 6.86. The van der Waals surface area contributed by atoms with Gasteiger partial charge in [0.2, 0.25) is 0 Å². The van der Waals surface area contributed by atoms with Gasteiger partial charge in [0.05, 0.1) is 18.7 Å². The van der Waals surface area contributed by atoms with Crippen LogP contribution in [-0.2, 0) is 10.4 Å². The summed E-state index contributed by atoms with van der Waals surface area (Å²) in [7, 11) is -3.01. The number of rotatable bonds is 4. The van der Waals surface area contributed by atoms with E-state index in [-0.39, 0.29) is 6.04 Å². The van der Waals surface area contributed by atoms with Gasteiger partial charge in [0.25, 0.3) is 0 Å². The minimum atomic E-state index is -4.67. The molecule has 8 nitrogen and oxygen atoms in total. The summed E-state index contributed by atoms with van der Waals surface area (Å²) in [6.07, 6.45) is 5.62. The van der Waals surface area contributed by atoms with Crippen LogP contribution in [0.25, 0.3) is 10.9 Å². The fraction of sp³-hybridized carbons (Fsp3) is 0.450. The number of hydrogen-bond donors (Lipinski definition) is 3. The molecular weight excluding hydrogens is 777 g/mol. The average Bonchev–Trinajstić information content (AvgIpc) is 2.77. The Hall–Kier alpha value is 0.150. The van der Waals surface area contributed by atoms with Crippen LogP contribution in [0.1, 0.15) is 24.5 Å². The summed E-state index contributed by atoms with van der Waals surface area (Å²) in [5.41, 5.74) is 1.85. The predicted molar refractivity (Wildman–Crippen MR) is 137 cm³/mol. The van der Waals surface area contributed by atoms with Crippen molar-refractivity contribution in [2.24, 2.45) is 11.8 Å². The van der Waals surface area contributed by atoms with Crippen molar-refractivity contribution < 1.29 is 40.6 Å². The zero-order chi connectivity index (χ0) is 23.9. The van der Waals surface area contributed by atoms with E-state index in [0.29, 0.717) is 25.1 Å². The molecule has 3 aliphatic heterocycles. The first kappa shape index (κ1) is 28.4. The van der Waals surface area contributed by atoms with E-state index in [1.165, 1.54) is 6.42 Å². The number of nitrogens with zero attached hydrogens (tertiary/aromatic N) is 2. The second kappa shape index (κ2) is 13.3. The topological polar surface area (TPSA) is 120 Å². The molecule has 3 saturated heterocycles. The van der Waals surface area contributed by atoms with Crippen LogP contribution >= 0.6 is 37.2 Å². The molecule has 180 valence electrons. The minimum Gasteiger partial charge on any atom is -0.264 e. The molecule has 32 heavy (non-hydrogen) atoms. The Balaban J connectivity index is 0.000000395. The Morgan fingerprint density at radius 1 is 1.34 bits per heavy atom. The molecule has 4 heterocycles. The molecular formula is C20H26I3N2O6S-. The van der Waals surface area contributed by atoms with Crippen LogP contribution in [0.15, 0.2) is 43.1 Å². The zero-order valence-corrected chi connectivity index (χ0v) is 24.6. The number of piperidine rings is 3. The molecule has 2 bridgehead atoms. The maximum atomic E-state index is 11.2. The van der Waals surface area contributed by atoms with Crippen molar-refractivity contribution in [3.05, 3.63) is 48.7 Å². The number of aliphatic hydroxyl groups excluding tert-OH is 1. The first-order chi connectivity index (χ1) is 15.1. The Morgan fingerprint density at radius 2 is 2.00 bits per heavy atom. The van der Waals surface area contributed by atoms with Gasteiger partial charge in [-0.3, -0.25) is 19.0 Å². The van der Waals surface area contributed by atoms with Crippen molar-refractivity contribution >= 4 is 58.5 Å². The quantitative estimate of drug-likeness (QED) is 0.241. The maximum absolute atomic E-state index is 11.2. The van der Waals surface area contributed by atoms with Gasteiger partial charge in [-0.15, -0.1) is 6.58 Å². The molecule has 1 aromatic heterocycles. The Labute approximate surface area is 218 Å². The van der Waals surface area contributed by atoms with Gasteiger partial charge in [0.15, 0.2) is 0 Å². The van der Waals surface area contributed by atoms with Gasteiger partial charge in [-0.05, 0) is 61.1 Å². The number of halogens is 3. The van der Waals surface area contributed by atoms with Crippen LogP contribution in [0, 0.1) is 11.8 Å². The molecule has 1 unspecified atom stereocenters. The van der Waals surface area contributed by atoms with Gasteiger partial charge in [0, 0.05) is 24.2 Å². The Morgan fingerprint density at radius 3 is 2.53 bits per heavy atom. The monoisotopic (exact) mass is 803 g/mol. The summed E-state index contributed by atoms with van der Waals surface area (Å²) in [6.45, 7) is 6.07. The number of aromatic nitrogens is 1. The van der Waals surface area contributed by atoms with Crippen molar-refractivity contribution in [3.63, 3.8) is 0 Å². The van der Waals surface area contributed by atoms with Crippen molar-refractivity contribution in [1.82, 2.24) is 9.88 Å². The molecule has 3 aliphatic rings. The molecule has 3 fully saturated rings. The number of ether oxygens (including phenoxy) is 1. The third-order valence-corrected chi connectivity index (χ3v) is 5.82. The van der Waals surface area contributed by atoms with Gasteiger partial charge < -0.3 is 9.84 Å². The Bertz CT molecular complexity index is 1000. The van der Waals surface area contributed by atoms with E-state index in [2.05, 4.69) is 59.8 Å². The first-order valence-corrected chi connectivity index (χ1v) is 23.6. The standard InChI is InChI=1S/C20H24N2O2.I3.H2O4S/c1-3-13-12-22-9-7-14(13)10-19(22)20(23)16-6-8-21-18-5-4-15(24-2)11-17(16)18;1-3-2;1-5(2,3)4/h3-6,8,11,13-14,19-20,23H,1,7,9-10,12H2,2H3;;(H2,1,2,3,4)/q;-1;/t13-,14-,19-,20+;;/m0../s1. The minimum absolute atomic E-state index is 0.178. The van der Waals surface area contributed by atoms with E-state index in [9.17, 15) is 5.11 Å². The number of methoxy groups -OCH3 is 1. The van der Waals surface area contributed by atoms with Crippen LogP contribution in [0.5, 0.6) is 5.75 Å². The van der Waals surface area contributed by atoms with Crippen LogP contribution in [0.3, 0.4) is 0 Å². The molecule has 5 rings (SSSR count). The molecule has 2 aromatic rings. The number of hydrogen-bond acceptors (Lipinski definition) is 6. The van der Waals surface area contributed by atoms with E-state index in [1.807, 2.05) is 24.3 Å². The smallest absolute Gasteiger partial charge is 0.264 e. The number of pyridine rings is 1. The molecule has 1 aromatic carbocycles. The molecule has 0 spiro atoms. The molecule has 0 aliphatic carbocycles. The van der Waals surface area contributed by atoms with E-state index >= 15 is 0 Å². The van der Waals surface area contributed by atoms with Gasteiger partial charge in [-0.2, -0.15) is 8.42 Å². The maximum Gasteiger partial charge on any atom is 0.394 e. The molecule has 12 heteroatoms. The van der Waals surface area contributed by atoms with E-state index in [4.69, 9.17) is 22.3 Å². The van der Waals surface area contributed by atoms with Crippen molar-refractivity contribution in [2.45, 2.75) is 25.0 Å². The Kier molecular flexibility index (Phi) is 11.8. The average molecular weight is 803 g/mol. The first-order valence-electron chi connectivity index (χ1n) is 9.67. The molecule has 5 atom stereocenters. The molecule has 0 radical (unpaired) electrons.